The van der Waals surface area contributed by atoms with E-state index in [-0.39, 0.29) is 5.91 Å². The molecule has 1 N–H and O–H groups in total. The minimum atomic E-state index is -0.154. The van der Waals surface area contributed by atoms with Gasteiger partial charge in [0.15, 0.2) is 0 Å². The van der Waals surface area contributed by atoms with Crippen molar-refractivity contribution in [2.75, 3.05) is 11.9 Å². The predicted molar refractivity (Wildman–Crippen MR) is 96.6 cm³/mol. The van der Waals surface area contributed by atoms with Crippen LogP contribution >= 0.6 is 31.9 Å². The molecular weight excluding hydrogens is 410 g/mol. The maximum absolute atomic E-state index is 12.2. The van der Waals surface area contributed by atoms with Crippen LogP contribution in [0.3, 0.4) is 0 Å². The van der Waals surface area contributed by atoms with E-state index in [1.54, 1.807) is 12.1 Å². The fourth-order valence-corrected chi connectivity index (χ4v) is 2.51. The van der Waals surface area contributed by atoms with Gasteiger partial charge in [-0.3, -0.25) is 4.79 Å². The second-order valence-corrected chi connectivity index (χ2v) is 7.08. The lowest BCUT2D eigenvalue weighted by Crippen LogP contribution is -2.12. The van der Waals surface area contributed by atoms with Crippen molar-refractivity contribution < 1.29 is 9.53 Å². The molecule has 3 nitrogen and oxygen atoms in total. The van der Waals surface area contributed by atoms with Gasteiger partial charge in [0.05, 0.1) is 11.1 Å². The molecule has 0 spiro atoms. The molecule has 0 aromatic heterocycles. The van der Waals surface area contributed by atoms with E-state index in [9.17, 15) is 4.79 Å². The van der Waals surface area contributed by atoms with E-state index in [4.69, 9.17) is 4.74 Å². The van der Waals surface area contributed by atoms with Gasteiger partial charge < -0.3 is 10.1 Å². The normalized spacial score (nSPS) is 10.6. The van der Waals surface area contributed by atoms with Crippen LogP contribution in [-0.4, -0.2) is 12.5 Å². The van der Waals surface area contributed by atoms with Crippen LogP contribution in [0.2, 0.25) is 0 Å². The molecule has 1 amide bonds. The molecule has 0 heterocycles. The average Bonchev–Trinajstić information content (AvgIpc) is 2.48. The number of rotatable bonds is 5. The third-order valence-corrected chi connectivity index (χ3v) is 4.02. The van der Waals surface area contributed by atoms with Crippen LogP contribution < -0.4 is 10.1 Å². The molecule has 0 saturated carbocycles. The molecule has 0 aliphatic rings. The number of carbonyl (C=O) groups is 1. The monoisotopic (exact) mass is 425 g/mol. The lowest BCUT2D eigenvalue weighted by Gasteiger charge is -2.11. The molecule has 0 atom stereocenters. The molecule has 2 aromatic rings. The Balaban J connectivity index is 2.07. The van der Waals surface area contributed by atoms with Crippen LogP contribution in [0.4, 0.5) is 5.69 Å². The van der Waals surface area contributed by atoms with Crippen molar-refractivity contribution in [1.82, 2.24) is 0 Å². The average molecular weight is 427 g/mol. The SMILES string of the molecule is CC(C)COc1ccc(C(=O)Nc2ccc(Br)cc2)cc1Br. The number of carbonyl (C=O) groups excluding carboxylic acids is 1. The van der Waals surface area contributed by atoms with Gasteiger partial charge in [0.2, 0.25) is 0 Å². The Kier molecular flexibility index (Phi) is 6.03. The summed E-state index contributed by atoms with van der Waals surface area (Å²) in [6.45, 7) is 4.82. The van der Waals surface area contributed by atoms with Crippen LogP contribution in [0.1, 0.15) is 24.2 Å². The summed E-state index contributed by atoms with van der Waals surface area (Å²) in [4.78, 5) is 12.2. The highest BCUT2D eigenvalue weighted by molar-refractivity contribution is 9.10. The number of amides is 1. The molecule has 0 fully saturated rings. The number of anilines is 1. The third kappa shape index (κ3) is 4.85. The molecule has 5 heteroatoms. The van der Waals surface area contributed by atoms with Crippen molar-refractivity contribution in [2.45, 2.75) is 13.8 Å². The van der Waals surface area contributed by atoms with Gasteiger partial charge in [0.1, 0.15) is 5.75 Å². The quantitative estimate of drug-likeness (QED) is 0.685. The summed E-state index contributed by atoms with van der Waals surface area (Å²) in [5.74, 6) is 1.04. The highest BCUT2D eigenvalue weighted by Gasteiger charge is 2.10. The van der Waals surface area contributed by atoms with E-state index in [0.717, 1.165) is 20.4 Å². The molecule has 116 valence electrons. The zero-order valence-electron chi connectivity index (χ0n) is 12.4. The molecule has 2 aromatic carbocycles. The van der Waals surface area contributed by atoms with E-state index in [0.29, 0.717) is 18.1 Å². The highest BCUT2D eigenvalue weighted by Crippen LogP contribution is 2.27. The largest absolute Gasteiger partial charge is 0.492 e. The maximum atomic E-state index is 12.2. The molecule has 0 aliphatic carbocycles. The molecule has 22 heavy (non-hydrogen) atoms. The summed E-state index contributed by atoms with van der Waals surface area (Å²) in [5.41, 5.74) is 1.33. The first-order chi connectivity index (χ1) is 10.5. The van der Waals surface area contributed by atoms with Gasteiger partial charge in [-0.15, -0.1) is 0 Å². The minimum absolute atomic E-state index is 0.154. The van der Waals surface area contributed by atoms with Gasteiger partial charge in [0.25, 0.3) is 5.91 Å². The van der Waals surface area contributed by atoms with Crippen molar-refractivity contribution in [3.05, 3.63) is 57.0 Å². The number of halogens is 2. The van der Waals surface area contributed by atoms with E-state index in [1.807, 2.05) is 30.3 Å². The van der Waals surface area contributed by atoms with Crippen LogP contribution in [0, 0.1) is 5.92 Å². The summed E-state index contributed by atoms with van der Waals surface area (Å²) < 4.78 is 7.43. The maximum Gasteiger partial charge on any atom is 0.255 e. The van der Waals surface area contributed by atoms with Crippen molar-refractivity contribution in [3.63, 3.8) is 0 Å². The van der Waals surface area contributed by atoms with Gasteiger partial charge in [-0.25, -0.2) is 0 Å². The van der Waals surface area contributed by atoms with E-state index in [1.165, 1.54) is 0 Å². The summed E-state index contributed by atoms with van der Waals surface area (Å²) >= 11 is 6.82. The number of hydrogen-bond acceptors (Lipinski definition) is 2. The lowest BCUT2D eigenvalue weighted by atomic mass is 10.2. The van der Waals surface area contributed by atoms with Crippen molar-refractivity contribution >= 4 is 43.5 Å². The first-order valence-corrected chi connectivity index (χ1v) is 8.53. The molecule has 2 rings (SSSR count). The van der Waals surface area contributed by atoms with Gasteiger partial charge in [-0.05, 0) is 64.3 Å². The first-order valence-electron chi connectivity index (χ1n) is 6.95. The number of benzene rings is 2. The van der Waals surface area contributed by atoms with E-state index in [2.05, 4.69) is 51.0 Å². The second-order valence-electron chi connectivity index (χ2n) is 5.31. The van der Waals surface area contributed by atoms with Crippen LogP contribution in [0.25, 0.3) is 0 Å². The zero-order chi connectivity index (χ0) is 16.1. The Morgan fingerprint density at radius 1 is 1.14 bits per heavy atom. The van der Waals surface area contributed by atoms with Gasteiger partial charge in [-0.1, -0.05) is 29.8 Å². The zero-order valence-corrected chi connectivity index (χ0v) is 15.6. The molecule has 0 saturated heterocycles. The molecule has 0 aliphatic heterocycles. The Morgan fingerprint density at radius 2 is 1.82 bits per heavy atom. The molecular formula is C17H17Br2NO2. The molecule has 0 bridgehead atoms. The van der Waals surface area contributed by atoms with Crippen molar-refractivity contribution in [1.29, 1.82) is 0 Å². The third-order valence-electron chi connectivity index (χ3n) is 2.87. The number of hydrogen-bond donors (Lipinski definition) is 1. The summed E-state index contributed by atoms with van der Waals surface area (Å²) in [6, 6.07) is 12.8. The van der Waals surface area contributed by atoms with Crippen LogP contribution in [0.15, 0.2) is 51.4 Å². The van der Waals surface area contributed by atoms with E-state index < -0.39 is 0 Å². The minimum Gasteiger partial charge on any atom is -0.492 e. The van der Waals surface area contributed by atoms with Gasteiger partial charge in [-0.2, -0.15) is 0 Å². The lowest BCUT2D eigenvalue weighted by molar-refractivity contribution is 0.102. The predicted octanol–water partition coefficient (Wildman–Crippen LogP) is 5.50. The Bertz CT molecular complexity index is 654. The van der Waals surface area contributed by atoms with Gasteiger partial charge in [0, 0.05) is 15.7 Å². The van der Waals surface area contributed by atoms with Crippen molar-refractivity contribution in [3.8, 4) is 5.75 Å². The van der Waals surface area contributed by atoms with Crippen molar-refractivity contribution in [2.24, 2.45) is 5.92 Å². The Hall–Kier alpha value is -1.33. The second kappa shape index (κ2) is 7.79. The van der Waals surface area contributed by atoms with E-state index >= 15 is 0 Å². The van der Waals surface area contributed by atoms with Crippen LogP contribution in [0.5, 0.6) is 5.75 Å². The summed E-state index contributed by atoms with van der Waals surface area (Å²) in [6.07, 6.45) is 0. The topological polar surface area (TPSA) is 38.3 Å². The smallest absolute Gasteiger partial charge is 0.255 e. The Morgan fingerprint density at radius 3 is 2.41 bits per heavy atom. The number of nitrogens with one attached hydrogen (secondary N) is 1. The number of ether oxygens (including phenoxy) is 1. The summed E-state index contributed by atoms with van der Waals surface area (Å²) in [7, 11) is 0. The fourth-order valence-electron chi connectivity index (χ4n) is 1.75. The van der Waals surface area contributed by atoms with Gasteiger partial charge >= 0.3 is 0 Å². The summed E-state index contributed by atoms with van der Waals surface area (Å²) in [5, 5.41) is 2.86. The first kappa shape index (κ1) is 17.0. The Labute approximate surface area is 147 Å². The fraction of sp³-hybridized carbons (Fsp3) is 0.235. The molecule has 0 radical (unpaired) electrons. The standard InChI is InChI=1S/C17H17Br2NO2/c1-11(2)10-22-16-8-3-12(9-15(16)19)17(21)20-14-6-4-13(18)5-7-14/h3-9,11H,10H2,1-2H3,(H,20,21). The van der Waals surface area contributed by atoms with Crippen LogP contribution in [-0.2, 0) is 0 Å². The molecule has 0 unspecified atom stereocenters. The highest BCUT2D eigenvalue weighted by atomic mass is 79.9.